The summed E-state index contributed by atoms with van der Waals surface area (Å²) in [5.74, 6) is -2.18. The minimum atomic E-state index is -2.61. The van der Waals surface area contributed by atoms with Gasteiger partial charge in [0.25, 0.3) is 0 Å². The quantitative estimate of drug-likeness (QED) is 0.920. The maximum Gasteiger partial charge on any atom is 0.248 e. The van der Waals surface area contributed by atoms with Crippen LogP contribution in [-0.2, 0) is 9.53 Å². The number of aromatic nitrogens is 1. The van der Waals surface area contributed by atoms with Crippen LogP contribution in [0.1, 0.15) is 37.5 Å². The van der Waals surface area contributed by atoms with E-state index < -0.39 is 5.92 Å². The average molecular weight is 339 g/mol. The topological polar surface area (TPSA) is 54.5 Å². The second-order valence-corrected chi connectivity index (χ2v) is 6.47. The predicted octanol–water partition coefficient (Wildman–Crippen LogP) is 2.85. The molecule has 2 fully saturated rings. The van der Waals surface area contributed by atoms with Crippen molar-refractivity contribution in [3.63, 3.8) is 0 Å². The number of hydrogen-bond acceptors (Lipinski definition) is 4. The van der Waals surface area contributed by atoms with Crippen molar-refractivity contribution in [2.75, 3.05) is 32.1 Å². The molecule has 2 aliphatic rings. The fourth-order valence-corrected chi connectivity index (χ4v) is 3.34. The van der Waals surface area contributed by atoms with Crippen LogP contribution in [0.15, 0.2) is 18.2 Å². The highest BCUT2D eigenvalue weighted by Crippen LogP contribution is 2.37. The molecular weight excluding hydrogens is 316 g/mol. The zero-order valence-electron chi connectivity index (χ0n) is 13.8. The third-order valence-electron chi connectivity index (χ3n) is 4.80. The van der Waals surface area contributed by atoms with Crippen LogP contribution in [-0.4, -0.2) is 48.5 Å². The van der Waals surface area contributed by atoms with Gasteiger partial charge in [-0.05, 0) is 25.0 Å². The zero-order chi connectivity index (χ0) is 17.2. The minimum absolute atomic E-state index is 0.0245. The number of nitrogens with one attached hydrogen (secondary N) is 1. The lowest BCUT2D eigenvalue weighted by molar-refractivity contribution is -0.147. The summed E-state index contributed by atoms with van der Waals surface area (Å²) >= 11 is 0. The standard InChI is InChI=1S/C17H23F2N3O2/c1-20-15-4-2-3-13(21-15)14-11-22(9-10-24-14)16(23)12-5-7-17(18,19)8-6-12/h2-4,12,14H,5-11H2,1H3,(H,20,21)/t14-/m1/s1. The smallest absolute Gasteiger partial charge is 0.248 e. The molecule has 132 valence electrons. The zero-order valence-corrected chi connectivity index (χ0v) is 13.8. The number of carbonyl (C=O) groups is 1. The number of anilines is 1. The van der Waals surface area contributed by atoms with E-state index in [2.05, 4.69) is 10.3 Å². The first-order chi connectivity index (χ1) is 11.5. The summed E-state index contributed by atoms with van der Waals surface area (Å²) in [6, 6.07) is 5.62. The van der Waals surface area contributed by atoms with Gasteiger partial charge in [0.2, 0.25) is 11.8 Å². The van der Waals surface area contributed by atoms with Gasteiger partial charge in [0.15, 0.2) is 0 Å². The maximum atomic E-state index is 13.3. The van der Waals surface area contributed by atoms with E-state index in [4.69, 9.17) is 4.74 Å². The van der Waals surface area contributed by atoms with Gasteiger partial charge < -0.3 is 15.0 Å². The minimum Gasteiger partial charge on any atom is -0.373 e. The number of hydrogen-bond donors (Lipinski definition) is 1. The lowest BCUT2D eigenvalue weighted by Crippen LogP contribution is -2.46. The highest BCUT2D eigenvalue weighted by Gasteiger charge is 2.39. The molecule has 0 unspecified atom stereocenters. The van der Waals surface area contributed by atoms with Gasteiger partial charge in [0.05, 0.1) is 18.8 Å². The van der Waals surface area contributed by atoms with Gasteiger partial charge in [0.1, 0.15) is 11.9 Å². The Balaban J connectivity index is 1.63. The molecule has 1 aromatic rings. The number of carbonyl (C=O) groups excluding carboxylic acids is 1. The Kier molecular flexibility index (Phi) is 4.99. The Morgan fingerprint density at radius 3 is 2.83 bits per heavy atom. The molecule has 1 aromatic heterocycles. The Bertz CT molecular complexity index is 587. The van der Waals surface area contributed by atoms with Gasteiger partial charge in [-0.25, -0.2) is 13.8 Å². The van der Waals surface area contributed by atoms with Crippen LogP contribution in [0.5, 0.6) is 0 Å². The van der Waals surface area contributed by atoms with E-state index in [0.717, 1.165) is 11.5 Å². The highest BCUT2D eigenvalue weighted by atomic mass is 19.3. The molecule has 0 aromatic carbocycles. The fraction of sp³-hybridized carbons (Fsp3) is 0.647. The molecule has 24 heavy (non-hydrogen) atoms. The molecule has 7 heteroatoms. The molecule has 1 saturated heterocycles. The van der Waals surface area contributed by atoms with E-state index in [1.807, 2.05) is 18.2 Å². The van der Waals surface area contributed by atoms with Crippen LogP contribution in [0, 0.1) is 5.92 Å². The summed E-state index contributed by atoms with van der Waals surface area (Å²) in [6.45, 7) is 1.37. The third kappa shape index (κ3) is 3.83. The molecule has 1 atom stereocenters. The van der Waals surface area contributed by atoms with E-state index in [1.165, 1.54) is 0 Å². The number of amides is 1. The molecule has 1 aliphatic heterocycles. The molecule has 1 N–H and O–H groups in total. The molecule has 1 saturated carbocycles. The van der Waals surface area contributed by atoms with Gasteiger partial charge in [-0.2, -0.15) is 0 Å². The lowest BCUT2D eigenvalue weighted by Gasteiger charge is -2.36. The number of pyridine rings is 1. The normalized spacial score (nSPS) is 24.6. The van der Waals surface area contributed by atoms with Gasteiger partial charge >= 0.3 is 0 Å². The van der Waals surface area contributed by atoms with Crippen LogP contribution < -0.4 is 5.32 Å². The molecule has 1 amide bonds. The predicted molar refractivity (Wildman–Crippen MR) is 86.0 cm³/mol. The molecule has 5 nitrogen and oxygen atoms in total. The van der Waals surface area contributed by atoms with Crippen molar-refractivity contribution >= 4 is 11.7 Å². The Hall–Kier alpha value is -1.76. The molecule has 0 bridgehead atoms. The Morgan fingerprint density at radius 1 is 1.38 bits per heavy atom. The summed E-state index contributed by atoms with van der Waals surface area (Å²) < 4.78 is 32.3. The number of rotatable bonds is 3. The first-order valence-corrected chi connectivity index (χ1v) is 8.41. The van der Waals surface area contributed by atoms with Gasteiger partial charge in [0, 0.05) is 32.4 Å². The summed E-state index contributed by atoms with van der Waals surface area (Å²) in [7, 11) is 1.79. The van der Waals surface area contributed by atoms with Crippen LogP contribution in [0.25, 0.3) is 0 Å². The summed E-state index contributed by atoms with van der Waals surface area (Å²) in [4.78, 5) is 18.9. The maximum absolute atomic E-state index is 13.3. The fourth-order valence-electron chi connectivity index (χ4n) is 3.34. The Morgan fingerprint density at radius 2 is 2.12 bits per heavy atom. The van der Waals surface area contributed by atoms with E-state index in [-0.39, 0.29) is 43.6 Å². The van der Waals surface area contributed by atoms with Gasteiger partial charge in [-0.1, -0.05) is 6.07 Å². The average Bonchev–Trinajstić information content (AvgIpc) is 2.61. The monoisotopic (exact) mass is 339 g/mol. The van der Waals surface area contributed by atoms with E-state index in [1.54, 1.807) is 11.9 Å². The first-order valence-electron chi connectivity index (χ1n) is 8.41. The van der Waals surface area contributed by atoms with Crippen molar-refractivity contribution in [1.82, 2.24) is 9.88 Å². The van der Waals surface area contributed by atoms with Gasteiger partial charge in [-0.15, -0.1) is 0 Å². The first kappa shape index (κ1) is 17.1. The second-order valence-electron chi connectivity index (χ2n) is 6.47. The largest absolute Gasteiger partial charge is 0.373 e. The van der Waals surface area contributed by atoms with Crippen LogP contribution in [0.3, 0.4) is 0 Å². The van der Waals surface area contributed by atoms with E-state index >= 15 is 0 Å². The van der Waals surface area contributed by atoms with Crippen LogP contribution in [0.4, 0.5) is 14.6 Å². The molecule has 2 heterocycles. The molecule has 3 rings (SSSR count). The highest BCUT2D eigenvalue weighted by molar-refractivity contribution is 5.79. The Labute approximate surface area is 140 Å². The van der Waals surface area contributed by atoms with Crippen molar-refractivity contribution in [1.29, 1.82) is 0 Å². The molecular formula is C17H23F2N3O2. The molecule has 0 spiro atoms. The number of nitrogens with zero attached hydrogens (tertiary/aromatic N) is 2. The van der Waals surface area contributed by atoms with Crippen LogP contribution >= 0.6 is 0 Å². The van der Waals surface area contributed by atoms with Crippen molar-refractivity contribution in [2.45, 2.75) is 37.7 Å². The van der Waals surface area contributed by atoms with Crippen molar-refractivity contribution in [2.24, 2.45) is 5.92 Å². The third-order valence-corrected chi connectivity index (χ3v) is 4.80. The summed E-state index contributed by atoms with van der Waals surface area (Å²) in [6.07, 6.45) is -0.129. The van der Waals surface area contributed by atoms with Crippen molar-refractivity contribution < 1.29 is 18.3 Å². The summed E-state index contributed by atoms with van der Waals surface area (Å²) in [5.41, 5.74) is 0.773. The lowest BCUT2D eigenvalue weighted by atomic mass is 9.85. The van der Waals surface area contributed by atoms with E-state index in [9.17, 15) is 13.6 Å². The van der Waals surface area contributed by atoms with Crippen LogP contribution in [0.2, 0.25) is 0 Å². The molecule has 1 aliphatic carbocycles. The second kappa shape index (κ2) is 7.01. The number of alkyl halides is 2. The van der Waals surface area contributed by atoms with Crippen molar-refractivity contribution in [3.05, 3.63) is 23.9 Å². The SMILES string of the molecule is CNc1cccc([C@H]2CN(C(=O)C3CCC(F)(F)CC3)CCO2)n1. The van der Waals surface area contributed by atoms with Gasteiger partial charge in [-0.3, -0.25) is 4.79 Å². The number of halogens is 2. The van der Waals surface area contributed by atoms with Crippen molar-refractivity contribution in [3.8, 4) is 0 Å². The number of morpholine rings is 1. The number of ether oxygens (including phenoxy) is 1. The van der Waals surface area contributed by atoms with E-state index in [0.29, 0.717) is 19.7 Å². The summed E-state index contributed by atoms with van der Waals surface area (Å²) in [5, 5.41) is 2.98. The molecule has 0 radical (unpaired) electrons.